The number of carbonyl (C=O) groups is 2. The third-order valence-electron chi connectivity index (χ3n) is 16.4. The van der Waals surface area contributed by atoms with Gasteiger partial charge in [0.05, 0.1) is 13.2 Å². The Labute approximate surface area is 302 Å². The summed E-state index contributed by atoms with van der Waals surface area (Å²) in [4.78, 5) is 25.1. The van der Waals surface area contributed by atoms with Crippen molar-refractivity contribution < 1.29 is 24.5 Å². The quantitative estimate of drug-likeness (QED) is 0.168. The van der Waals surface area contributed by atoms with Gasteiger partial charge in [-0.15, -0.1) is 0 Å². The Balaban J connectivity index is 1.15. The zero-order valence-electron chi connectivity index (χ0n) is 32.5. The van der Waals surface area contributed by atoms with Gasteiger partial charge in [0.15, 0.2) is 0 Å². The van der Waals surface area contributed by atoms with E-state index < -0.39 is 12.0 Å². The van der Waals surface area contributed by atoms with Crippen molar-refractivity contribution in [2.45, 2.75) is 157 Å². The molecule has 5 aliphatic carbocycles. The van der Waals surface area contributed by atoms with Crippen LogP contribution in [0.3, 0.4) is 0 Å². The predicted octanol–water partition coefficient (Wildman–Crippen LogP) is 9.53. The number of fused-ring (bicyclic) bond motifs is 7. The summed E-state index contributed by atoms with van der Waals surface area (Å²) >= 11 is 0. The minimum Gasteiger partial charge on any atom is -0.497 e. The van der Waals surface area contributed by atoms with E-state index in [9.17, 15) is 19.8 Å². The molecule has 1 aromatic carbocycles. The molecule has 0 bridgehead atoms. The molecule has 4 saturated carbocycles. The van der Waals surface area contributed by atoms with Crippen molar-refractivity contribution in [2.24, 2.45) is 50.2 Å². The van der Waals surface area contributed by atoms with Crippen LogP contribution in [0, 0.1) is 50.2 Å². The molecule has 0 aromatic heterocycles. The molecular formula is C44H67NO5. The smallest absolute Gasteiger partial charge is 0.326 e. The first kappa shape index (κ1) is 37.4. The van der Waals surface area contributed by atoms with Crippen LogP contribution in [-0.4, -0.2) is 41.3 Å². The number of carbonyl (C=O) groups excluding carboxylic acids is 1. The van der Waals surface area contributed by atoms with Crippen LogP contribution in [0.5, 0.6) is 5.75 Å². The van der Waals surface area contributed by atoms with Gasteiger partial charge in [0.2, 0.25) is 5.91 Å². The van der Waals surface area contributed by atoms with Gasteiger partial charge in [0, 0.05) is 12.8 Å². The number of carboxylic acid groups (broad SMARTS) is 1. The van der Waals surface area contributed by atoms with Crippen LogP contribution in [0.4, 0.5) is 0 Å². The zero-order chi connectivity index (χ0) is 36.3. The summed E-state index contributed by atoms with van der Waals surface area (Å²) in [5.41, 5.74) is 3.93. The normalized spacial score (nSPS) is 39.0. The van der Waals surface area contributed by atoms with E-state index in [1.54, 1.807) is 12.7 Å². The van der Waals surface area contributed by atoms with Crippen LogP contribution in [0.2, 0.25) is 0 Å². The van der Waals surface area contributed by atoms with Gasteiger partial charge in [-0.2, -0.15) is 0 Å². The lowest BCUT2D eigenvalue weighted by atomic mass is 9.33. The monoisotopic (exact) mass is 690 g/mol. The number of hydrogen-bond acceptors (Lipinski definition) is 4. The maximum Gasteiger partial charge on any atom is 0.326 e. The molecule has 0 aliphatic heterocycles. The van der Waals surface area contributed by atoms with Gasteiger partial charge in [-0.3, -0.25) is 4.79 Å². The third-order valence-corrected chi connectivity index (χ3v) is 16.4. The lowest BCUT2D eigenvalue weighted by Gasteiger charge is -2.71. The molecule has 1 unspecified atom stereocenters. The molecule has 50 heavy (non-hydrogen) atoms. The topological polar surface area (TPSA) is 95.9 Å². The van der Waals surface area contributed by atoms with Crippen LogP contribution in [-0.2, 0) is 16.0 Å². The Morgan fingerprint density at radius 1 is 0.900 bits per heavy atom. The molecule has 0 spiro atoms. The largest absolute Gasteiger partial charge is 0.497 e. The second-order valence-corrected chi connectivity index (χ2v) is 19.7. The Kier molecular flexibility index (Phi) is 9.92. The number of methoxy groups -OCH3 is 1. The highest BCUT2D eigenvalue weighted by atomic mass is 16.5. The predicted molar refractivity (Wildman–Crippen MR) is 200 cm³/mol. The minimum atomic E-state index is -1.00. The van der Waals surface area contributed by atoms with Crippen LogP contribution in [0.1, 0.15) is 144 Å². The molecule has 9 atom stereocenters. The van der Waals surface area contributed by atoms with E-state index in [4.69, 9.17) is 4.74 Å². The average molecular weight is 690 g/mol. The van der Waals surface area contributed by atoms with Crippen molar-refractivity contribution >= 4 is 11.9 Å². The Hall–Kier alpha value is -2.34. The van der Waals surface area contributed by atoms with Crippen LogP contribution >= 0.6 is 0 Å². The van der Waals surface area contributed by atoms with Crippen molar-refractivity contribution in [1.82, 2.24) is 5.32 Å². The van der Waals surface area contributed by atoms with Gasteiger partial charge in [-0.25, -0.2) is 4.79 Å². The van der Waals surface area contributed by atoms with Crippen molar-refractivity contribution in [3.05, 3.63) is 41.5 Å². The third kappa shape index (κ3) is 6.26. The molecule has 1 aromatic rings. The zero-order valence-corrected chi connectivity index (χ0v) is 32.5. The van der Waals surface area contributed by atoms with Crippen molar-refractivity contribution in [3.63, 3.8) is 0 Å². The van der Waals surface area contributed by atoms with E-state index in [0.717, 1.165) is 43.4 Å². The van der Waals surface area contributed by atoms with E-state index in [0.29, 0.717) is 29.6 Å². The fourth-order valence-corrected chi connectivity index (χ4v) is 13.0. The number of rotatable bonds is 10. The van der Waals surface area contributed by atoms with Gasteiger partial charge in [-0.1, -0.05) is 78.7 Å². The highest BCUT2D eigenvalue weighted by Gasteiger charge is 2.68. The van der Waals surface area contributed by atoms with Gasteiger partial charge in [0.1, 0.15) is 11.8 Å². The molecule has 278 valence electrons. The van der Waals surface area contributed by atoms with Crippen molar-refractivity contribution in [2.75, 3.05) is 7.11 Å². The highest BCUT2D eigenvalue weighted by molar-refractivity contribution is 5.83. The van der Waals surface area contributed by atoms with E-state index in [1.807, 2.05) is 24.3 Å². The van der Waals surface area contributed by atoms with Crippen LogP contribution < -0.4 is 10.1 Å². The number of hydrogen-bond donors (Lipinski definition) is 3. The molecule has 6 rings (SSSR count). The SMILES string of the molecule is COc1ccc(CC(NC(=O)CCCC[C@]23CCC(C)(C)C[C@H]2C2=CC[C@@H]4[C@@]5(C)CC[C@H](O)C(C)(C)[C@@H]5CC[C@@]4(C)[C@]2(C)CC3)C(=O)O)cc1. The standard InChI is InChI=1S/C44H67NO5/c1-39(2)23-25-44(20-10-9-11-37(47)45-33(38(48)49)27-29-12-14-30(50-8)15-13-29)26-24-42(6)31(32(44)28-39)16-17-35-41(5)21-19-36(46)40(3,4)34(41)18-22-43(35,42)7/h12-16,32-36,46H,9-11,17-28H2,1-8H3,(H,45,47)(H,48,49)/t32-,33?,34-,35+,36-,41-,42+,43+,44+/m0/s1. The first-order valence-corrected chi connectivity index (χ1v) is 19.9. The van der Waals surface area contributed by atoms with Crippen molar-refractivity contribution in [3.8, 4) is 5.75 Å². The highest BCUT2D eigenvalue weighted by Crippen LogP contribution is 2.76. The number of ether oxygens (including phenoxy) is 1. The van der Waals surface area contributed by atoms with Gasteiger partial charge < -0.3 is 20.3 Å². The van der Waals surface area contributed by atoms with E-state index >= 15 is 0 Å². The van der Waals surface area contributed by atoms with Crippen LogP contribution in [0.15, 0.2) is 35.9 Å². The number of allylic oxidation sites excluding steroid dienone is 2. The molecule has 3 N–H and O–H groups in total. The average Bonchev–Trinajstić information content (AvgIpc) is 3.05. The molecule has 4 fully saturated rings. The van der Waals surface area contributed by atoms with Crippen LogP contribution in [0.25, 0.3) is 0 Å². The molecule has 0 saturated heterocycles. The summed E-state index contributed by atoms with van der Waals surface area (Å²) in [6.45, 7) is 17.6. The van der Waals surface area contributed by atoms with Gasteiger partial charge >= 0.3 is 5.97 Å². The van der Waals surface area contributed by atoms with Gasteiger partial charge in [-0.05, 0) is 145 Å². The van der Waals surface area contributed by atoms with E-state index in [-0.39, 0.29) is 45.5 Å². The molecule has 5 aliphatic rings. The summed E-state index contributed by atoms with van der Waals surface area (Å²) in [6.07, 6.45) is 18.1. The lowest BCUT2D eigenvalue weighted by Crippen LogP contribution is -2.64. The number of unbranched alkanes of at least 4 members (excludes halogenated alkanes) is 1. The summed E-state index contributed by atoms with van der Waals surface area (Å²) in [5.74, 6) is 1.36. The molecular weight excluding hydrogens is 622 g/mol. The number of amides is 1. The maximum atomic E-state index is 13.0. The molecule has 6 nitrogen and oxygen atoms in total. The Morgan fingerprint density at radius 3 is 2.28 bits per heavy atom. The van der Waals surface area contributed by atoms with E-state index in [2.05, 4.69) is 59.9 Å². The summed E-state index contributed by atoms with van der Waals surface area (Å²) < 4.78 is 5.22. The number of aliphatic carboxylic acids is 1. The molecule has 0 heterocycles. The summed E-state index contributed by atoms with van der Waals surface area (Å²) in [7, 11) is 1.60. The maximum absolute atomic E-state index is 13.0. The van der Waals surface area contributed by atoms with Gasteiger partial charge in [0.25, 0.3) is 0 Å². The van der Waals surface area contributed by atoms with E-state index in [1.165, 1.54) is 51.4 Å². The number of benzene rings is 1. The number of aliphatic hydroxyl groups is 1. The first-order chi connectivity index (χ1) is 23.4. The Bertz CT molecular complexity index is 1460. The molecule has 1 amide bonds. The first-order valence-electron chi connectivity index (χ1n) is 19.9. The summed E-state index contributed by atoms with van der Waals surface area (Å²) in [5, 5.41) is 23.7. The van der Waals surface area contributed by atoms with Crippen molar-refractivity contribution in [1.29, 1.82) is 0 Å². The second-order valence-electron chi connectivity index (χ2n) is 19.7. The molecule has 6 heteroatoms. The minimum absolute atomic E-state index is 0.0314. The fraction of sp³-hybridized carbons (Fsp3) is 0.773. The second kappa shape index (κ2) is 13.3. The Morgan fingerprint density at radius 2 is 1.60 bits per heavy atom. The fourth-order valence-electron chi connectivity index (χ4n) is 13.0. The molecule has 0 radical (unpaired) electrons. The number of aliphatic hydroxyl groups excluding tert-OH is 1. The number of carboxylic acids is 1. The number of nitrogens with one attached hydrogen (secondary N) is 1. The summed E-state index contributed by atoms with van der Waals surface area (Å²) in [6, 6.07) is 6.40. The lowest BCUT2D eigenvalue weighted by molar-refractivity contribution is -0.203.